The predicted octanol–water partition coefficient (Wildman–Crippen LogP) is 4.02. The molecule has 1 fully saturated rings. The van der Waals surface area contributed by atoms with Crippen LogP contribution in [0.15, 0.2) is 30.3 Å². The lowest BCUT2D eigenvalue weighted by Crippen LogP contribution is -2.60. The van der Waals surface area contributed by atoms with Gasteiger partial charge in [0, 0.05) is 38.4 Å². The molecule has 10 nitrogen and oxygen atoms in total. The van der Waals surface area contributed by atoms with Gasteiger partial charge in [-0.1, -0.05) is 85.7 Å². The zero-order valence-corrected chi connectivity index (χ0v) is 29.3. The van der Waals surface area contributed by atoms with Crippen molar-refractivity contribution in [3.05, 3.63) is 35.9 Å². The number of likely N-dealkylation sites (tertiary alicyclic amines) is 1. The highest BCUT2D eigenvalue weighted by Crippen LogP contribution is 2.35. The Morgan fingerprint density at radius 2 is 1.64 bits per heavy atom. The summed E-state index contributed by atoms with van der Waals surface area (Å²) in [4.78, 5) is 70.9. The number of rotatable bonds is 13. The number of nitrogens with zero attached hydrogens (tertiary/aromatic N) is 3. The maximum absolute atomic E-state index is 14.2. The molecule has 1 aromatic carbocycles. The fraction of sp³-hybridized carbons (Fsp3) is 0.686. The highest BCUT2D eigenvalue weighted by molar-refractivity contribution is 5.90. The lowest BCUT2D eigenvalue weighted by Gasteiger charge is -2.41. The van der Waals surface area contributed by atoms with E-state index in [2.05, 4.69) is 19.2 Å². The van der Waals surface area contributed by atoms with E-state index in [0.29, 0.717) is 25.8 Å². The van der Waals surface area contributed by atoms with Crippen molar-refractivity contribution in [2.24, 2.45) is 17.3 Å². The van der Waals surface area contributed by atoms with E-state index >= 15 is 0 Å². The summed E-state index contributed by atoms with van der Waals surface area (Å²) in [6.07, 6.45) is 1.79. The second-order valence-electron chi connectivity index (χ2n) is 14.3. The summed E-state index contributed by atoms with van der Waals surface area (Å²) in [5.74, 6) is -1.99. The molecule has 1 heterocycles. The van der Waals surface area contributed by atoms with Crippen LogP contribution in [0.5, 0.6) is 0 Å². The molecule has 1 N–H and O–H groups in total. The zero-order valence-electron chi connectivity index (χ0n) is 29.3. The molecule has 1 aliphatic rings. The van der Waals surface area contributed by atoms with Gasteiger partial charge in [-0.15, -0.1) is 0 Å². The van der Waals surface area contributed by atoms with Gasteiger partial charge in [0.25, 0.3) is 0 Å². The Morgan fingerprint density at radius 1 is 1.04 bits per heavy atom. The molecule has 0 aromatic heterocycles. The van der Waals surface area contributed by atoms with Gasteiger partial charge in [-0.2, -0.15) is 0 Å². The molecule has 0 bridgehead atoms. The summed E-state index contributed by atoms with van der Waals surface area (Å²) >= 11 is 0. The lowest BCUT2D eigenvalue weighted by molar-refractivity contribution is -0.152. The highest BCUT2D eigenvalue weighted by Gasteiger charge is 2.42. The molecule has 4 atom stereocenters. The Labute approximate surface area is 270 Å². The van der Waals surface area contributed by atoms with Crippen LogP contribution in [0, 0.1) is 17.3 Å². The topological polar surface area (TPSA) is 116 Å². The molecule has 0 unspecified atom stereocenters. The van der Waals surface area contributed by atoms with Crippen LogP contribution < -0.4 is 5.32 Å². The van der Waals surface area contributed by atoms with E-state index in [1.165, 1.54) is 23.8 Å². The quantitative estimate of drug-likeness (QED) is 0.330. The van der Waals surface area contributed by atoms with Crippen LogP contribution in [0.4, 0.5) is 0 Å². The first-order valence-corrected chi connectivity index (χ1v) is 16.1. The summed E-state index contributed by atoms with van der Waals surface area (Å²) in [7, 11) is 2.99. The average Bonchev–Trinajstić information content (AvgIpc) is 3.47. The van der Waals surface area contributed by atoms with Crippen molar-refractivity contribution in [3.63, 3.8) is 0 Å². The molecular weight excluding hydrogens is 572 g/mol. The summed E-state index contributed by atoms with van der Waals surface area (Å²) < 4.78 is 4.87. The molecule has 0 aliphatic carbocycles. The zero-order chi connectivity index (χ0) is 34.3. The third-order valence-electron chi connectivity index (χ3n) is 9.35. The first-order valence-electron chi connectivity index (χ1n) is 16.1. The number of likely N-dealkylation sites (N-methyl/N-ethyl adjacent to an activating group) is 1. The van der Waals surface area contributed by atoms with Gasteiger partial charge >= 0.3 is 5.97 Å². The molecule has 1 saturated heterocycles. The Hall–Kier alpha value is -3.43. The Balaban J connectivity index is 2.29. The Bertz CT molecular complexity index is 1190. The summed E-state index contributed by atoms with van der Waals surface area (Å²) in [5.41, 5.74) is -0.0188. The second kappa shape index (κ2) is 15.7. The number of amides is 4. The summed E-state index contributed by atoms with van der Waals surface area (Å²) in [6, 6.07) is 8.00. The van der Waals surface area contributed by atoms with E-state index in [4.69, 9.17) is 4.74 Å². The van der Waals surface area contributed by atoms with Gasteiger partial charge < -0.3 is 24.8 Å². The smallest absolute Gasteiger partial charge is 0.328 e. The van der Waals surface area contributed by atoms with E-state index in [-0.39, 0.29) is 48.6 Å². The number of hydrogen-bond acceptors (Lipinski definition) is 6. The maximum Gasteiger partial charge on any atom is 0.328 e. The number of carbonyl (C=O) groups is 5. The van der Waals surface area contributed by atoms with Crippen molar-refractivity contribution >= 4 is 29.6 Å². The molecule has 252 valence electrons. The molecule has 0 spiro atoms. The lowest BCUT2D eigenvalue weighted by atomic mass is 9.71. The van der Waals surface area contributed by atoms with Crippen LogP contribution in [0.1, 0.15) is 87.1 Å². The van der Waals surface area contributed by atoms with Crippen molar-refractivity contribution in [2.75, 3.05) is 33.8 Å². The molecule has 0 saturated carbocycles. The van der Waals surface area contributed by atoms with Crippen molar-refractivity contribution in [1.82, 2.24) is 20.0 Å². The van der Waals surface area contributed by atoms with Crippen LogP contribution >= 0.6 is 0 Å². The van der Waals surface area contributed by atoms with E-state index in [1.807, 2.05) is 71.9 Å². The van der Waals surface area contributed by atoms with Crippen molar-refractivity contribution in [2.45, 2.75) is 105 Å². The monoisotopic (exact) mass is 628 g/mol. The van der Waals surface area contributed by atoms with Crippen molar-refractivity contribution in [1.29, 1.82) is 0 Å². The van der Waals surface area contributed by atoms with Crippen LogP contribution in [-0.4, -0.2) is 96.2 Å². The molecule has 1 aromatic rings. The number of hydrogen-bond donors (Lipinski definition) is 1. The molecular formula is C35H56N4O6. The van der Waals surface area contributed by atoms with Gasteiger partial charge in [0.2, 0.25) is 23.6 Å². The molecule has 0 radical (unpaired) electrons. The number of benzene rings is 1. The summed E-state index contributed by atoms with van der Waals surface area (Å²) in [6.45, 7) is 17.5. The van der Waals surface area contributed by atoms with Crippen LogP contribution in [0.2, 0.25) is 0 Å². The van der Waals surface area contributed by atoms with Gasteiger partial charge in [-0.3, -0.25) is 19.2 Å². The molecule has 4 amide bonds. The first kappa shape index (κ1) is 37.8. The number of esters is 1. The van der Waals surface area contributed by atoms with Crippen molar-refractivity contribution < 1.29 is 28.7 Å². The molecule has 2 rings (SSSR count). The molecule has 45 heavy (non-hydrogen) atoms. The van der Waals surface area contributed by atoms with E-state index in [0.717, 1.165) is 5.56 Å². The normalized spacial score (nSPS) is 17.3. The number of carbonyl (C=O) groups excluding carboxylic acids is 5. The second-order valence-corrected chi connectivity index (χ2v) is 14.3. The van der Waals surface area contributed by atoms with Crippen LogP contribution in [0.3, 0.4) is 0 Å². The third kappa shape index (κ3) is 9.30. The largest absolute Gasteiger partial charge is 0.467 e. The standard InChI is InChI=1S/C35H56N4O6/c1-12-26(35(8,9)25-17-14-13-15-18-25)31(42)36-30(34(5,6)7)32(43)37(10)28(23(2)3)21-38(24(4)40)22-29(41)39-20-16-19-27(39)33(44)45-11/h13-15,17-18,23,26-28,30H,12,16,19-22H2,1-11H3,(H,36,42)/t26-,27+,28-,30-/m1/s1. The van der Waals surface area contributed by atoms with Gasteiger partial charge in [0.1, 0.15) is 12.1 Å². The van der Waals surface area contributed by atoms with Gasteiger partial charge in [0.15, 0.2) is 0 Å². The third-order valence-corrected chi connectivity index (χ3v) is 9.35. The SMILES string of the molecule is CC[C@H](C(=O)N[C@H](C(=O)N(C)[C@H](CN(CC(=O)N1CCC[C@H]1C(=O)OC)C(C)=O)C(C)C)C(C)(C)C)C(C)(C)c1ccccc1. The highest BCUT2D eigenvalue weighted by atomic mass is 16.5. The molecule has 10 heteroatoms. The van der Waals surface area contributed by atoms with E-state index < -0.39 is 34.9 Å². The Morgan fingerprint density at radius 3 is 2.13 bits per heavy atom. The van der Waals surface area contributed by atoms with Gasteiger partial charge in [0.05, 0.1) is 19.7 Å². The fourth-order valence-electron chi connectivity index (χ4n) is 6.36. The molecule has 1 aliphatic heterocycles. The van der Waals surface area contributed by atoms with Crippen LogP contribution in [-0.2, 0) is 34.1 Å². The van der Waals surface area contributed by atoms with E-state index in [9.17, 15) is 24.0 Å². The Kier molecular flexibility index (Phi) is 13.2. The first-order chi connectivity index (χ1) is 20.9. The number of methoxy groups -OCH3 is 1. The van der Waals surface area contributed by atoms with E-state index in [1.54, 1.807) is 11.9 Å². The number of ether oxygens (including phenoxy) is 1. The minimum atomic E-state index is -0.824. The minimum absolute atomic E-state index is 0.0674. The van der Waals surface area contributed by atoms with Gasteiger partial charge in [-0.05, 0) is 36.2 Å². The summed E-state index contributed by atoms with van der Waals surface area (Å²) in [5, 5.41) is 3.11. The fourth-order valence-corrected chi connectivity index (χ4v) is 6.36. The average molecular weight is 629 g/mol. The predicted molar refractivity (Wildman–Crippen MR) is 175 cm³/mol. The minimum Gasteiger partial charge on any atom is -0.467 e. The number of nitrogens with one attached hydrogen (secondary N) is 1. The van der Waals surface area contributed by atoms with Crippen LogP contribution in [0.25, 0.3) is 0 Å². The van der Waals surface area contributed by atoms with Crippen molar-refractivity contribution in [3.8, 4) is 0 Å². The maximum atomic E-state index is 14.2. The van der Waals surface area contributed by atoms with Gasteiger partial charge in [-0.25, -0.2) is 4.79 Å².